The van der Waals surface area contributed by atoms with Crippen LogP contribution in [0.1, 0.15) is 22.8 Å². The topological polar surface area (TPSA) is 38.1 Å². The van der Waals surface area contributed by atoms with Gasteiger partial charge in [0, 0.05) is 40.9 Å². The number of carbonyl (C=O) groups is 1. The van der Waals surface area contributed by atoms with Gasteiger partial charge in [-0.1, -0.05) is 0 Å². The third kappa shape index (κ3) is 2.81. The van der Waals surface area contributed by atoms with Crippen LogP contribution in [-0.4, -0.2) is 27.6 Å². The number of nitrogens with zero attached hydrogens (tertiary/aromatic N) is 3. The molecule has 106 valence electrons. The molecule has 3 rings (SSSR count). The van der Waals surface area contributed by atoms with Crippen LogP contribution in [0.5, 0.6) is 0 Å². The van der Waals surface area contributed by atoms with Crippen molar-refractivity contribution >= 4 is 33.2 Å². The molecule has 1 aliphatic rings. The maximum Gasteiger partial charge on any atom is 0.226 e. The Kier molecular flexibility index (Phi) is 3.69. The summed E-state index contributed by atoms with van der Waals surface area (Å²) in [6, 6.07) is 2.07. The highest BCUT2D eigenvalue weighted by Gasteiger charge is 2.45. The van der Waals surface area contributed by atoms with Gasteiger partial charge in [-0.3, -0.25) is 9.48 Å². The number of amides is 1. The zero-order chi connectivity index (χ0) is 14.3. The van der Waals surface area contributed by atoms with Gasteiger partial charge in [0.1, 0.15) is 0 Å². The standard InChI is InChI=1S/C14H16BrN3OS/c1-17(7-11-3-10(15)8-20-11)14(19)13-4-12(13)9-5-16-18(2)6-9/h3,5-6,8,12-13H,4,7H2,1-2H3/t12-,13-/m0/s1. The van der Waals surface area contributed by atoms with E-state index in [1.165, 1.54) is 10.4 Å². The first-order valence-electron chi connectivity index (χ1n) is 6.51. The molecule has 0 radical (unpaired) electrons. The molecule has 20 heavy (non-hydrogen) atoms. The molecule has 1 fully saturated rings. The molecule has 2 atom stereocenters. The second-order valence-electron chi connectivity index (χ2n) is 5.32. The zero-order valence-corrected chi connectivity index (χ0v) is 13.8. The third-order valence-corrected chi connectivity index (χ3v) is 5.33. The number of rotatable bonds is 4. The Morgan fingerprint density at radius 1 is 1.65 bits per heavy atom. The van der Waals surface area contributed by atoms with E-state index < -0.39 is 0 Å². The maximum atomic E-state index is 12.4. The van der Waals surface area contributed by atoms with Crippen LogP contribution in [0, 0.1) is 5.92 Å². The average Bonchev–Trinajstić information content (AvgIpc) is 2.93. The summed E-state index contributed by atoms with van der Waals surface area (Å²) in [4.78, 5) is 15.4. The lowest BCUT2D eigenvalue weighted by Crippen LogP contribution is -2.27. The number of hydrogen-bond donors (Lipinski definition) is 0. The van der Waals surface area contributed by atoms with Gasteiger partial charge in [-0.05, 0) is 39.9 Å². The van der Waals surface area contributed by atoms with E-state index in [-0.39, 0.29) is 11.8 Å². The molecule has 6 heteroatoms. The second kappa shape index (κ2) is 5.33. The molecule has 0 spiro atoms. The van der Waals surface area contributed by atoms with E-state index in [1.54, 1.807) is 16.0 Å². The van der Waals surface area contributed by atoms with Gasteiger partial charge in [0.05, 0.1) is 12.7 Å². The van der Waals surface area contributed by atoms with Crippen molar-refractivity contribution in [3.8, 4) is 0 Å². The van der Waals surface area contributed by atoms with E-state index in [0.29, 0.717) is 12.5 Å². The van der Waals surface area contributed by atoms with Crippen LogP contribution in [0.3, 0.4) is 0 Å². The average molecular weight is 354 g/mol. The fourth-order valence-corrected chi connectivity index (χ4v) is 4.00. The van der Waals surface area contributed by atoms with Crippen LogP contribution in [0.2, 0.25) is 0 Å². The highest BCUT2D eigenvalue weighted by molar-refractivity contribution is 9.10. The summed E-state index contributed by atoms with van der Waals surface area (Å²) in [5.41, 5.74) is 1.18. The van der Waals surface area contributed by atoms with Crippen molar-refractivity contribution in [2.75, 3.05) is 7.05 Å². The number of carbonyl (C=O) groups excluding carboxylic acids is 1. The molecule has 2 aromatic rings. The normalized spacial score (nSPS) is 20.9. The van der Waals surface area contributed by atoms with Gasteiger partial charge in [0.2, 0.25) is 5.91 Å². The van der Waals surface area contributed by atoms with Gasteiger partial charge in [0.25, 0.3) is 0 Å². The predicted octanol–water partition coefficient (Wildman–Crippen LogP) is 3.01. The van der Waals surface area contributed by atoms with Gasteiger partial charge in [0.15, 0.2) is 0 Å². The Hall–Kier alpha value is -1.14. The summed E-state index contributed by atoms with van der Waals surface area (Å²) in [5, 5.41) is 6.22. The van der Waals surface area contributed by atoms with E-state index in [9.17, 15) is 4.79 Å². The smallest absolute Gasteiger partial charge is 0.226 e. The van der Waals surface area contributed by atoms with Crippen molar-refractivity contribution in [1.82, 2.24) is 14.7 Å². The molecule has 0 bridgehead atoms. The monoisotopic (exact) mass is 353 g/mol. The van der Waals surface area contributed by atoms with Gasteiger partial charge in [-0.25, -0.2) is 0 Å². The molecule has 4 nitrogen and oxygen atoms in total. The van der Waals surface area contributed by atoms with E-state index in [4.69, 9.17) is 0 Å². The molecule has 0 aromatic carbocycles. The van der Waals surface area contributed by atoms with Gasteiger partial charge in [-0.15, -0.1) is 11.3 Å². The van der Waals surface area contributed by atoms with Gasteiger partial charge in [-0.2, -0.15) is 5.10 Å². The summed E-state index contributed by atoms with van der Waals surface area (Å²) >= 11 is 5.11. The van der Waals surface area contributed by atoms with Crippen molar-refractivity contribution < 1.29 is 4.79 Å². The summed E-state index contributed by atoms with van der Waals surface area (Å²) in [5.74, 6) is 0.727. The Bertz CT molecular complexity index is 632. The van der Waals surface area contributed by atoms with E-state index in [2.05, 4.69) is 27.1 Å². The van der Waals surface area contributed by atoms with Crippen molar-refractivity contribution in [3.05, 3.63) is 38.8 Å². The molecule has 1 saturated carbocycles. The molecule has 2 heterocycles. The van der Waals surface area contributed by atoms with Crippen molar-refractivity contribution in [2.24, 2.45) is 13.0 Å². The Balaban J connectivity index is 1.60. The predicted molar refractivity (Wildman–Crippen MR) is 82.5 cm³/mol. The molecule has 1 aliphatic carbocycles. The molecule has 2 aromatic heterocycles. The van der Waals surface area contributed by atoms with Gasteiger partial charge >= 0.3 is 0 Å². The first-order valence-corrected chi connectivity index (χ1v) is 8.18. The van der Waals surface area contributed by atoms with E-state index >= 15 is 0 Å². The molecular formula is C14H16BrN3OS. The van der Waals surface area contributed by atoms with Crippen LogP contribution in [0.25, 0.3) is 0 Å². The van der Waals surface area contributed by atoms with Crippen molar-refractivity contribution in [1.29, 1.82) is 0 Å². The van der Waals surface area contributed by atoms with E-state index in [0.717, 1.165) is 10.9 Å². The summed E-state index contributed by atoms with van der Waals surface area (Å²) < 4.78 is 2.88. The molecule has 0 saturated heterocycles. The summed E-state index contributed by atoms with van der Waals surface area (Å²) in [6.45, 7) is 0.686. The number of halogens is 1. The number of hydrogen-bond acceptors (Lipinski definition) is 3. The minimum Gasteiger partial charge on any atom is -0.340 e. The lowest BCUT2D eigenvalue weighted by atomic mass is 10.2. The Morgan fingerprint density at radius 2 is 2.45 bits per heavy atom. The summed E-state index contributed by atoms with van der Waals surface area (Å²) in [6.07, 6.45) is 4.83. The van der Waals surface area contributed by atoms with Crippen LogP contribution in [0.4, 0.5) is 0 Å². The Labute approximate surface area is 130 Å². The lowest BCUT2D eigenvalue weighted by Gasteiger charge is -2.16. The quantitative estimate of drug-likeness (QED) is 0.847. The number of aryl methyl sites for hydroxylation is 1. The SMILES string of the molecule is CN(Cc1cc(Br)cs1)C(=O)[C@H]1C[C@H]1c1cnn(C)c1. The minimum absolute atomic E-state index is 0.132. The van der Waals surface area contributed by atoms with Crippen molar-refractivity contribution in [3.63, 3.8) is 0 Å². The van der Waals surface area contributed by atoms with Crippen LogP contribution in [0.15, 0.2) is 28.3 Å². The molecule has 1 amide bonds. The minimum atomic E-state index is 0.132. The molecular weight excluding hydrogens is 338 g/mol. The highest BCUT2D eigenvalue weighted by atomic mass is 79.9. The fraction of sp³-hybridized carbons (Fsp3) is 0.429. The lowest BCUT2D eigenvalue weighted by molar-refractivity contribution is -0.131. The molecule has 0 aliphatic heterocycles. The van der Waals surface area contributed by atoms with Crippen LogP contribution >= 0.6 is 27.3 Å². The van der Waals surface area contributed by atoms with Crippen LogP contribution < -0.4 is 0 Å². The molecule has 0 N–H and O–H groups in total. The largest absolute Gasteiger partial charge is 0.340 e. The summed E-state index contributed by atoms with van der Waals surface area (Å²) in [7, 11) is 3.79. The highest BCUT2D eigenvalue weighted by Crippen LogP contribution is 2.48. The molecule has 0 unspecified atom stereocenters. The third-order valence-electron chi connectivity index (χ3n) is 3.65. The van der Waals surface area contributed by atoms with Crippen molar-refractivity contribution in [2.45, 2.75) is 18.9 Å². The first kappa shape index (κ1) is 13.8. The van der Waals surface area contributed by atoms with Crippen LogP contribution in [-0.2, 0) is 18.4 Å². The Morgan fingerprint density at radius 3 is 3.05 bits per heavy atom. The van der Waals surface area contributed by atoms with Gasteiger partial charge < -0.3 is 4.90 Å². The second-order valence-corrected chi connectivity index (χ2v) is 7.23. The number of aromatic nitrogens is 2. The van der Waals surface area contributed by atoms with E-state index in [1.807, 2.05) is 36.8 Å². The fourth-order valence-electron chi connectivity index (χ4n) is 2.50. The maximum absolute atomic E-state index is 12.4. The number of thiophene rings is 1. The zero-order valence-electron chi connectivity index (χ0n) is 11.4. The first-order chi connectivity index (χ1) is 9.54.